The summed E-state index contributed by atoms with van der Waals surface area (Å²) in [6, 6.07) is 14.6. The molecular weight excluding hydrogens is 352 g/mol. The molecule has 0 unspecified atom stereocenters. The quantitative estimate of drug-likeness (QED) is 0.470. The second-order valence-corrected chi connectivity index (χ2v) is 6.57. The van der Waals surface area contributed by atoms with Crippen molar-refractivity contribution in [2.24, 2.45) is 10.2 Å². The van der Waals surface area contributed by atoms with Crippen LogP contribution in [0.15, 0.2) is 58.8 Å². The molecule has 6 nitrogen and oxygen atoms in total. The number of unbranched alkanes of at least 4 members (excludes halogenated alkanes) is 2. The molecule has 2 rings (SSSR count). The van der Waals surface area contributed by atoms with Crippen LogP contribution in [0.2, 0.25) is 0 Å². The van der Waals surface area contributed by atoms with Gasteiger partial charge in [-0.25, -0.2) is 0 Å². The van der Waals surface area contributed by atoms with E-state index in [0.29, 0.717) is 29.9 Å². The van der Waals surface area contributed by atoms with Gasteiger partial charge in [-0.2, -0.15) is 5.11 Å². The van der Waals surface area contributed by atoms with Crippen LogP contribution in [0, 0.1) is 0 Å². The third kappa shape index (κ3) is 7.31. The molecule has 2 N–H and O–H groups in total. The third-order valence-corrected chi connectivity index (χ3v) is 4.10. The molecule has 2 aromatic carbocycles. The number of amides is 2. The zero-order valence-electron chi connectivity index (χ0n) is 16.6. The van der Waals surface area contributed by atoms with E-state index in [0.717, 1.165) is 31.4 Å². The summed E-state index contributed by atoms with van der Waals surface area (Å²) in [5.74, 6) is -0.115. The van der Waals surface area contributed by atoms with Crippen molar-refractivity contribution in [2.45, 2.75) is 52.4 Å². The number of hydrogen-bond donors (Lipinski definition) is 2. The minimum absolute atomic E-state index is 0.0382. The average Bonchev–Trinajstić information content (AvgIpc) is 2.71. The van der Waals surface area contributed by atoms with Crippen molar-refractivity contribution in [3.8, 4) is 0 Å². The van der Waals surface area contributed by atoms with Crippen molar-refractivity contribution in [1.29, 1.82) is 0 Å². The molecule has 0 atom stereocenters. The molecule has 0 saturated carbocycles. The van der Waals surface area contributed by atoms with E-state index in [1.54, 1.807) is 18.2 Å². The summed E-state index contributed by atoms with van der Waals surface area (Å²) in [6.07, 6.45) is 4.49. The van der Waals surface area contributed by atoms with Crippen molar-refractivity contribution in [3.63, 3.8) is 0 Å². The van der Waals surface area contributed by atoms with Gasteiger partial charge in [0, 0.05) is 18.5 Å². The lowest BCUT2D eigenvalue weighted by atomic mass is 10.2. The molecule has 0 aromatic heterocycles. The zero-order chi connectivity index (χ0) is 20.2. The molecule has 0 aliphatic heterocycles. The highest BCUT2D eigenvalue weighted by molar-refractivity contribution is 5.96. The van der Waals surface area contributed by atoms with Gasteiger partial charge < -0.3 is 10.6 Å². The van der Waals surface area contributed by atoms with Gasteiger partial charge in [0.05, 0.1) is 11.4 Å². The van der Waals surface area contributed by atoms with Crippen LogP contribution in [0.1, 0.15) is 52.4 Å². The number of rotatable bonds is 10. The summed E-state index contributed by atoms with van der Waals surface area (Å²) in [5.41, 5.74) is 2.43. The minimum atomic E-state index is -0.0764. The Labute approximate surface area is 166 Å². The molecule has 28 heavy (non-hydrogen) atoms. The molecule has 0 fully saturated rings. The van der Waals surface area contributed by atoms with Gasteiger partial charge in [-0.15, -0.1) is 5.11 Å². The lowest BCUT2D eigenvalue weighted by molar-refractivity contribution is -0.117. The second kappa shape index (κ2) is 11.6. The summed E-state index contributed by atoms with van der Waals surface area (Å²) in [7, 11) is 0. The Balaban J connectivity index is 2.20. The van der Waals surface area contributed by atoms with Gasteiger partial charge in [0.1, 0.15) is 5.69 Å². The molecule has 148 valence electrons. The number of anilines is 2. The van der Waals surface area contributed by atoms with E-state index < -0.39 is 0 Å². The maximum absolute atomic E-state index is 12.2. The van der Waals surface area contributed by atoms with Crippen molar-refractivity contribution in [2.75, 3.05) is 10.6 Å². The fraction of sp³-hybridized carbons (Fsp3) is 0.364. The van der Waals surface area contributed by atoms with Gasteiger partial charge in [0.25, 0.3) is 0 Å². The number of nitrogens with one attached hydrogen (secondary N) is 2. The molecule has 0 spiro atoms. The first-order chi connectivity index (χ1) is 13.6. The van der Waals surface area contributed by atoms with E-state index >= 15 is 0 Å². The molecule has 0 saturated heterocycles. The van der Waals surface area contributed by atoms with Crippen LogP contribution in [0.25, 0.3) is 0 Å². The van der Waals surface area contributed by atoms with Gasteiger partial charge in [0.2, 0.25) is 11.8 Å². The first kappa shape index (κ1) is 21.3. The van der Waals surface area contributed by atoms with Crippen LogP contribution >= 0.6 is 0 Å². The van der Waals surface area contributed by atoms with E-state index in [-0.39, 0.29) is 11.8 Å². The monoisotopic (exact) mass is 380 g/mol. The third-order valence-electron chi connectivity index (χ3n) is 4.10. The van der Waals surface area contributed by atoms with Crippen LogP contribution in [-0.2, 0) is 9.59 Å². The van der Waals surface area contributed by atoms with Crippen LogP contribution in [-0.4, -0.2) is 11.8 Å². The fourth-order valence-corrected chi connectivity index (χ4v) is 2.52. The van der Waals surface area contributed by atoms with E-state index in [1.807, 2.05) is 44.2 Å². The maximum atomic E-state index is 12.2. The van der Waals surface area contributed by atoms with Crippen molar-refractivity contribution in [1.82, 2.24) is 0 Å². The van der Waals surface area contributed by atoms with E-state index in [2.05, 4.69) is 20.9 Å². The summed E-state index contributed by atoms with van der Waals surface area (Å²) < 4.78 is 0. The standard InChI is InChI=1S/C22H28N4O2/c1-3-5-12-21(27)23-18-14-15-19(26-25-17-10-8-7-9-11-17)20(16-18)24-22(28)13-6-4-2/h7-11,14-16H,3-6,12-13H2,1-2H3,(H,23,27)(H,24,28). The van der Waals surface area contributed by atoms with Gasteiger partial charge in [0.15, 0.2) is 0 Å². The van der Waals surface area contributed by atoms with Gasteiger partial charge >= 0.3 is 0 Å². The SMILES string of the molecule is CCCCC(=O)Nc1ccc(N=Nc2ccccc2)c(NC(=O)CCCC)c1. The topological polar surface area (TPSA) is 82.9 Å². The van der Waals surface area contributed by atoms with E-state index in [1.165, 1.54) is 0 Å². The van der Waals surface area contributed by atoms with E-state index in [9.17, 15) is 9.59 Å². The second-order valence-electron chi connectivity index (χ2n) is 6.57. The Kier molecular flexibility index (Phi) is 8.85. The van der Waals surface area contributed by atoms with Crippen LogP contribution in [0.4, 0.5) is 22.7 Å². The summed E-state index contributed by atoms with van der Waals surface area (Å²) in [6.45, 7) is 4.09. The minimum Gasteiger partial charge on any atom is -0.326 e. The summed E-state index contributed by atoms with van der Waals surface area (Å²) in [5, 5.41) is 14.3. The molecule has 0 aliphatic carbocycles. The Morgan fingerprint density at radius 2 is 1.46 bits per heavy atom. The Hall–Kier alpha value is -3.02. The van der Waals surface area contributed by atoms with Crippen molar-refractivity contribution < 1.29 is 9.59 Å². The first-order valence-corrected chi connectivity index (χ1v) is 9.83. The molecule has 0 bridgehead atoms. The highest BCUT2D eigenvalue weighted by atomic mass is 16.2. The summed E-state index contributed by atoms with van der Waals surface area (Å²) >= 11 is 0. The number of carbonyl (C=O) groups excluding carboxylic acids is 2. The number of nitrogens with zero attached hydrogens (tertiary/aromatic N) is 2. The normalized spacial score (nSPS) is 10.8. The van der Waals surface area contributed by atoms with Crippen molar-refractivity contribution in [3.05, 3.63) is 48.5 Å². The molecule has 6 heteroatoms. The maximum Gasteiger partial charge on any atom is 0.224 e. The highest BCUT2D eigenvalue weighted by Gasteiger charge is 2.10. The summed E-state index contributed by atoms with van der Waals surface area (Å²) in [4.78, 5) is 24.2. The highest BCUT2D eigenvalue weighted by Crippen LogP contribution is 2.30. The Morgan fingerprint density at radius 1 is 0.821 bits per heavy atom. The van der Waals surface area contributed by atoms with Crippen LogP contribution in [0.5, 0.6) is 0 Å². The van der Waals surface area contributed by atoms with Crippen LogP contribution in [0.3, 0.4) is 0 Å². The van der Waals surface area contributed by atoms with Gasteiger partial charge in [-0.05, 0) is 43.2 Å². The first-order valence-electron chi connectivity index (χ1n) is 9.83. The molecule has 0 heterocycles. The number of benzene rings is 2. The number of carbonyl (C=O) groups is 2. The van der Waals surface area contributed by atoms with Gasteiger partial charge in [-0.1, -0.05) is 44.9 Å². The predicted octanol–water partition coefficient (Wildman–Crippen LogP) is 6.36. The molecule has 2 aromatic rings. The number of hydrogen-bond acceptors (Lipinski definition) is 4. The Morgan fingerprint density at radius 3 is 2.11 bits per heavy atom. The Bertz CT molecular complexity index is 803. The molecular formula is C22H28N4O2. The molecule has 2 amide bonds. The fourth-order valence-electron chi connectivity index (χ4n) is 2.52. The lowest BCUT2D eigenvalue weighted by Crippen LogP contribution is -2.13. The van der Waals surface area contributed by atoms with Crippen LogP contribution < -0.4 is 10.6 Å². The van der Waals surface area contributed by atoms with Crippen molar-refractivity contribution >= 4 is 34.6 Å². The van der Waals surface area contributed by atoms with Gasteiger partial charge in [-0.3, -0.25) is 9.59 Å². The predicted molar refractivity (Wildman–Crippen MR) is 113 cm³/mol. The number of azo groups is 1. The zero-order valence-corrected chi connectivity index (χ0v) is 16.6. The van der Waals surface area contributed by atoms with E-state index in [4.69, 9.17) is 0 Å². The average molecular weight is 380 g/mol. The molecule has 0 aliphatic rings. The smallest absolute Gasteiger partial charge is 0.224 e. The lowest BCUT2D eigenvalue weighted by Gasteiger charge is -2.11. The largest absolute Gasteiger partial charge is 0.326 e. The molecule has 0 radical (unpaired) electrons.